The number of rotatable bonds is 8. The van der Waals surface area contributed by atoms with E-state index in [9.17, 15) is 9.59 Å². The van der Waals surface area contributed by atoms with Crippen molar-refractivity contribution in [1.82, 2.24) is 9.88 Å². The first-order valence-corrected chi connectivity index (χ1v) is 7.72. The zero-order valence-electron chi connectivity index (χ0n) is 12.2. The van der Waals surface area contributed by atoms with Crippen molar-refractivity contribution in [2.45, 2.75) is 44.6 Å². The number of ether oxygens (including phenoxy) is 1. The van der Waals surface area contributed by atoms with Crippen LogP contribution in [0, 0.1) is 0 Å². The van der Waals surface area contributed by atoms with E-state index in [2.05, 4.69) is 10.1 Å². The molecule has 1 aliphatic carbocycles. The van der Waals surface area contributed by atoms with Crippen molar-refractivity contribution in [3.8, 4) is 0 Å². The second-order valence-corrected chi connectivity index (χ2v) is 5.76. The summed E-state index contributed by atoms with van der Waals surface area (Å²) in [6.07, 6.45) is 7.00. The second-order valence-electron chi connectivity index (χ2n) is 5.32. The molecule has 21 heavy (non-hydrogen) atoms. The first-order valence-electron chi connectivity index (χ1n) is 7.34. The van der Waals surface area contributed by atoms with Crippen LogP contribution in [0.3, 0.4) is 0 Å². The largest absolute Gasteiger partial charge is 0.469 e. The van der Waals surface area contributed by atoms with Gasteiger partial charge in [0, 0.05) is 25.2 Å². The molecule has 1 fully saturated rings. The van der Waals surface area contributed by atoms with E-state index in [0.29, 0.717) is 29.7 Å². The SMILES string of the molecule is COC(=O)CCCCCNC(=O)c1cc(Cl)cn1C1CC1. The molecule has 2 rings (SSSR count). The first-order chi connectivity index (χ1) is 10.1. The number of carbonyl (C=O) groups excluding carboxylic acids is 2. The minimum atomic E-state index is -0.184. The van der Waals surface area contributed by atoms with Gasteiger partial charge >= 0.3 is 5.97 Å². The molecule has 0 saturated heterocycles. The Kier molecular flexibility index (Phi) is 5.67. The Morgan fingerprint density at radius 3 is 2.81 bits per heavy atom. The van der Waals surface area contributed by atoms with Crippen molar-refractivity contribution in [3.05, 3.63) is 23.0 Å². The predicted molar refractivity (Wildman–Crippen MR) is 80.5 cm³/mol. The van der Waals surface area contributed by atoms with Gasteiger partial charge in [0.05, 0.1) is 12.1 Å². The number of nitrogens with zero attached hydrogens (tertiary/aromatic N) is 1. The van der Waals surface area contributed by atoms with Crippen molar-refractivity contribution >= 4 is 23.5 Å². The number of nitrogens with one attached hydrogen (secondary N) is 1. The lowest BCUT2D eigenvalue weighted by molar-refractivity contribution is -0.140. The molecule has 1 aromatic heterocycles. The molecule has 0 radical (unpaired) electrons. The fourth-order valence-corrected chi connectivity index (χ4v) is 2.46. The number of methoxy groups -OCH3 is 1. The lowest BCUT2D eigenvalue weighted by Gasteiger charge is -2.08. The van der Waals surface area contributed by atoms with Crippen molar-refractivity contribution in [2.24, 2.45) is 0 Å². The maximum absolute atomic E-state index is 12.1. The van der Waals surface area contributed by atoms with E-state index < -0.39 is 0 Å². The Hall–Kier alpha value is -1.49. The van der Waals surface area contributed by atoms with Gasteiger partial charge in [-0.1, -0.05) is 18.0 Å². The fourth-order valence-electron chi connectivity index (χ4n) is 2.25. The summed E-state index contributed by atoms with van der Waals surface area (Å²) in [5, 5.41) is 3.50. The number of hydrogen-bond acceptors (Lipinski definition) is 3. The third kappa shape index (κ3) is 4.77. The molecule has 0 aliphatic heterocycles. The predicted octanol–water partition coefficient (Wildman–Crippen LogP) is 2.94. The number of halogens is 1. The number of esters is 1. The van der Waals surface area contributed by atoms with E-state index in [1.54, 1.807) is 6.07 Å². The normalized spacial score (nSPS) is 14.0. The summed E-state index contributed by atoms with van der Waals surface area (Å²) in [5.74, 6) is -0.266. The number of aromatic nitrogens is 1. The Bertz CT molecular complexity index is 509. The van der Waals surface area contributed by atoms with Crippen LogP contribution in [-0.2, 0) is 9.53 Å². The Labute approximate surface area is 129 Å². The lowest BCUT2D eigenvalue weighted by Crippen LogP contribution is -2.26. The summed E-state index contributed by atoms with van der Waals surface area (Å²) in [6.45, 7) is 0.605. The Morgan fingerprint density at radius 2 is 2.14 bits per heavy atom. The molecular formula is C15H21ClN2O3. The fraction of sp³-hybridized carbons (Fsp3) is 0.600. The maximum Gasteiger partial charge on any atom is 0.305 e. The summed E-state index contributed by atoms with van der Waals surface area (Å²) in [7, 11) is 1.39. The van der Waals surface area contributed by atoms with Gasteiger partial charge in [0.15, 0.2) is 0 Å². The number of hydrogen-bond donors (Lipinski definition) is 1. The van der Waals surface area contributed by atoms with Crippen LogP contribution in [0.4, 0.5) is 0 Å². The molecule has 5 nitrogen and oxygen atoms in total. The van der Waals surface area contributed by atoms with Crippen molar-refractivity contribution < 1.29 is 14.3 Å². The number of carbonyl (C=O) groups is 2. The molecule has 1 aliphatic rings. The molecule has 0 unspecified atom stereocenters. The molecule has 1 amide bonds. The highest BCUT2D eigenvalue weighted by Crippen LogP contribution is 2.37. The van der Waals surface area contributed by atoms with Crippen LogP contribution >= 0.6 is 11.6 Å². The van der Waals surface area contributed by atoms with E-state index in [1.807, 2.05) is 10.8 Å². The number of unbranched alkanes of at least 4 members (excludes halogenated alkanes) is 2. The molecule has 0 atom stereocenters. The highest BCUT2D eigenvalue weighted by atomic mass is 35.5. The van der Waals surface area contributed by atoms with Crippen molar-refractivity contribution in [3.63, 3.8) is 0 Å². The van der Waals surface area contributed by atoms with Crippen LogP contribution in [0.15, 0.2) is 12.3 Å². The van der Waals surface area contributed by atoms with Gasteiger partial charge in [-0.2, -0.15) is 0 Å². The average Bonchev–Trinajstić information content (AvgIpc) is 3.24. The maximum atomic E-state index is 12.1. The van der Waals surface area contributed by atoms with Crippen LogP contribution in [0.1, 0.15) is 55.1 Å². The van der Waals surface area contributed by atoms with Gasteiger partial charge in [0.25, 0.3) is 5.91 Å². The molecule has 0 aromatic carbocycles. The highest BCUT2D eigenvalue weighted by Gasteiger charge is 2.27. The lowest BCUT2D eigenvalue weighted by atomic mass is 10.2. The van der Waals surface area contributed by atoms with Crippen molar-refractivity contribution in [1.29, 1.82) is 0 Å². The van der Waals surface area contributed by atoms with Gasteiger partial charge in [0.2, 0.25) is 0 Å². The van der Waals surface area contributed by atoms with E-state index >= 15 is 0 Å². The van der Waals surface area contributed by atoms with Gasteiger partial charge in [-0.05, 0) is 31.7 Å². The molecule has 1 saturated carbocycles. The first kappa shape index (κ1) is 15.9. The molecule has 1 aromatic rings. The molecule has 0 spiro atoms. The molecule has 0 bridgehead atoms. The Balaban J connectivity index is 1.69. The van der Waals surface area contributed by atoms with Gasteiger partial charge in [-0.3, -0.25) is 9.59 Å². The van der Waals surface area contributed by atoms with Crippen LogP contribution < -0.4 is 5.32 Å². The molecular weight excluding hydrogens is 292 g/mol. The second kappa shape index (κ2) is 7.50. The van der Waals surface area contributed by atoms with Gasteiger partial charge in [-0.25, -0.2) is 0 Å². The van der Waals surface area contributed by atoms with Crippen LogP contribution in [0.2, 0.25) is 5.02 Å². The van der Waals surface area contributed by atoms with Gasteiger partial charge in [0.1, 0.15) is 5.69 Å². The molecule has 6 heteroatoms. The van der Waals surface area contributed by atoms with E-state index in [1.165, 1.54) is 7.11 Å². The minimum absolute atomic E-state index is 0.0817. The molecule has 1 heterocycles. The van der Waals surface area contributed by atoms with Crippen LogP contribution in [0.5, 0.6) is 0 Å². The molecule has 116 valence electrons. The smallest absolute Gasteiger partial charge is 0.305 e. The minimum Gasteiger partial charge on any atom is -0.469 e. The van der Waals surface area contributed by atoms with Gasteiger partial charge in [-0.15, -0.1) is 0 Å². The summed E-state index contributed by atoms with van der Waals surface area (Å²) in [6, 6.07) is 2.14. The van der Waals surface area contributed by atoms with Gasteiger partial charge < -0.3 is 14.6 Å². The quantitative estimate of drug-likeness (QED) is 0.593. The summed E-state index contributed by atoms with van der Waals surface area (Å²) >= 11 is 5.98. The summed E-state index contributed by atoms with van der Waals surface area (Å²) in [5.41, 5.74) is 0.636. The van der Waals surface area contributed by atoms with E-state index in [-0.39, 0.29) is 11.9 Å². The average molecular weight is 313 g/mol. The van der Waals surface area contributed by atoms with Crippen LogP contribution in [-0.4, -0.2) is 30.1 Å². The van der Waals surface area contributed by atoms with Crippen LogP contribution in [0.25, 0.3) is 0 Å². The monoisotopic (exact) mass is 312 g/mol. The zero-order valence-corrected chi connectivity index (χ0v) is 13.0. The number of amides is 1. The molecule has 1 N–H and O–H groups in total. The highest BCUT2D eigenvalue weighted by molar-refractivity contribution is 6.31. The van der Waals surface area contributed by atoms with Crippen molar-refractivity contribution in [2.75, 3.05) is 13.7 Å². The summed E-state index contributed by atoms with van der Waals surface area (Å²) < 4.78 is 6.54. The van der Waals surface area contributed by atoms with E-state index in [4.69, 9.17) is 11.6 Å². The standard InChI is InChI=1S/C15H21ClN2O3/c1-21-14(19)5-3-2-4-8-17-15(20)13-9-11(16)10-18(13)12-6-7-12/h9-10,12H,2-8H2,1H3,(H,17,20). The zero-order chi connectivity index (χ0) is 15.2. The summed E-state index contributed by atoms with van der Waals surface area (Å²) in [4.78, 5) is 23.1. The third-order valence-corrected chi connectivity index (χ3v) is 3.77. The third-order valence-electron chi connectivity index (χ3n) is 3.56. The topological polar surface area (TPSA) is 60.3 Å². The van der Waals surface area contributed by atoms with E-state index in [0.717, 1.165) is 32.1 Å². The Morgan fingerprint density at radius 1 is 1.38 bits per heavy atom.